The molecule has 4 aliphatic rings. The first-order valence-electron chi connectivity index (χ1n) is 12.9. The number of hydroxylamine groups is 2. The lowest BCUT2D eigenvalue weighted by Crippen LogP contribution is -2.47. The molecule has 1 saturated carbocycles. The molecule has 2 saturated heterocycles. The van der Waals surface area contributed by atoms with Crippen LogP contribution >= 0.6 is 0 Å². The fourth-order valence-electron chi connectivity index (χ4n) is 5.83. The Morgan fingerprint density at radius 2 is 1.78 bits per heavy atom. The minimum absolute atomic E-state index is 0.111. The second-order valence-electron chi connectivity index (χ2n) is 10.1. The highest BCUT2D eigenvalue weighted by Gasteiger charge is 2.57. The number of benzene rings is 1. The highest BCUT2D eigenvalue weighted by Crippen LogP contribution is 2.52. The van der Waals surface area contributed by atoms with Crippen LogP contribution in [0.15, 0.2) is 42.7 Å². The molecule has 6 rings (SSSR count). The third-order valence-corrected chi connectivity index (χ3v) is 7.99. The number of esters is 1. The summed E-state index contributed by atoms with van der Waals surface area (Å²) in [5.74, 6) is -0.247. The molecule has 1 aliphatic carbocycles. The Balaban J connectivity index is 1.10. The lowest BCUT2D eigenvalue weighted by molar-refractivity contribution is -0.134. The Morgan fingerprint density at radius 1 is 1.03 bits per heavy atom. The number of anilines is 1. The van der Waals surface area contributed by atoms with Gasteiger partial charge in [-0.3, -0.25) is 9.78 Å². The van der Waals surface area contributed by atoms with Crippen LogP contribution in [0.25, 0.3) is 0 Å². The minimum atomic E-state index is -0.760. The van der Waals surface area contributed by atoms with Gasteiger partial charge in [0, 0.05) is 49.7 Å². The summed E-state index contributed by atoms with van der Waals surface area (Å²) in [7, 11) is 0. The van der Waals surface area contributed by atoms with E-state index in [2.05, 4.69) is 34.1 Å². The van der Waals surface area contributed by atoms with Crippen molar-refractivity contribution in [1.29, 1.82) is 0 Å². The maximum Gasteiger partial charge on any atom is 0.527 e. The van der Waals surface area contributed by atoms with Crippen molar-refractivity contribution < 1.29 is 28.7 Å². The van der Waals surface area contributed by atoms with Gasteiger partial charge in [0.1, 0.15) is 0 Å². The van der Waals surface area contributed by atoms with E-state index in [4.69, 9.17) is 14.3 Å². The number of aromatic nitrogens is 1. The van der Waals surface area contributed by atoms with Crippen LogP contribution in [0.3, 0.4) is 0 Å². The van der Waals surface area contributed by atoms with Gasteiger partial charge >= 0.3 is 12.1 Å². The Labute approximate surface area is 215 Å². The molecule has 10 nitrogen and oxygen atoms in total. The number of piperazine rings is 1. The van der Waals surface area contributed by atoms with Crippen LogP contribution in [0.2, 0.25) is 0 Å². The molecule has 1 spiro atoms. The summed E-state index contributed by atoms with van der Waals surface area (Å²) in [6.07, 6.45) is 4.79. The first kappa shape index (κ1) is 23.7. The average molecular weight is 507 g/mol. The molecular formula is C27H30N4O6. The second kappa shape index (κ2) is 9.02. The molecule has 0 bridgehead atoms. The third kappa shape index (κ3) is 4.09. The average Bonchev–Trinajstić information content (AvgIpc) is 3.55. The Kier molecular flexibility index (Phi) is 5.78. The van der Waals surface area contributed by atoms with E-state index in [1.54, 1.807) is 24.4 Å². The van der Waals surface area contributed by atoms with Gasteiger partial charge < -0.3 is 24.1 Å². The largest absolute Gasteiger partial charge is 0.527 e. The summed E-state index contributed by atoms with van der Waals surface area (Å²) in [5, 5.41) is 1.63. The lowest BCUT2D eigenvalue weighted by Gasteiger charge is -2.34. The van der Waals surface area contributed by atoms with E-state index in [0.29, 0.717) is 51.3 Å². The van der Waals surface area contributed by atoms with Gasteiger partial charge in [0.25, 0.3) is 0 Å². The van der Waals surface area contributed by atoms with Crippen LogP contribution in [-0.2, 0) is 30.1 Å². The molecular weight excluding hydrogens is 476 g/mol. The number of carbonyl (C=O) groups is 3. The number of hydrogen-bond donors (Lipinski definition) is 0. The summed E-state index contributed by atoms with van der Waals surface area (Å²) < 4.78 is 10.6. The van der Waals surface area contributed by atoms with Gasteiger partial charge in [-0.15, -0.1) is 5.06 Å². The van der Waals surface area contributed by atoms with E-state index >= 15 is 0 Å². The van der Waals surface area contributed by atoms with Gasteiger partial charge in [-0.2, -0.15) is 0 Å². The van der Waals surface area contributed by atoms with Crippen LogP contribution in [-0.4, -0.2) is 78.9 Å². The van der Waals surface area contributed by atoms with E-state index in [1.807, 2.05) is 11.0 Å². The van der Waals surface area contributed by atoms with Crippen molar-refractivity contribution >= 4 is 23.7 Å². The summed E-state index contributed by atoms with van der Waals surface area (Å²) >= 11 is 0. The molecule has 1 unspecified atom stereocenters. The molecule has 0 radical (unpaired) electrons. The normalized spacial score (nSPS) is 24.1. The third-order valence-electron chi connectivity index (χ3n) is 7.99. The van der Waals surface area contributed by atoms with Crippen molar-refractivity contribution in [3.8, 4) is 0 Å². The van der Waals surface area contributed by atoms with Crippen molar-refractivity contribution in [2.45, 2.75) is 37.2 Å². The SMILES string of the molecule is CCOC(=O)ON1CCN(c2ccc(C3(C(=O)N4CCC5(C4)OC(=O)c4cnccc45)CC3)cc2)CC1. The number of amides is 1. The van der Waals surface area contributed by atoms with E-state index in [0.717, 1.165) is 29.7 Å². The van der Waals surface area contributed by atoms with Crippen LogP contribution in [0.1, 0.15) is 47.7 Å². The summed E-state index contributed by atoms with van der Waals surface area (Å²) in [4.78, 5) is 51.0. The summed E-state index contributed by atoms with van der Waals surface area (Å²) in [6, 6.07) is 10.1. The molecule has 194 valence electrons. The van der Waals surface area contributed by atoms with Gasteiger partial charge in [-0.05, 0) is 43.5 Å². The van der Waals surface area contributed by atoms with E-state index in [9.17, 15) is 14.4 Å². The standard InChI is InChI=1S/C27H30N4O6/c1-2-35-25(34)37-31-15-13-29(14-16-31)20-5-3-19(4-6-20)26(8-9-26)24(33)30-12-10-27(18-30)22-7-11-28-17-21(22)23(32)36-27/h3-7,11,17H,2,8-10,12-16,18H2,1H3. The van der Waals surface area contributed by atoms with Crippen LogP contribution < -0.4 is 4.90 Å². The number of likely N-dealkylation sites (tertiary alicyclic amines) is 1. The predicted molar refractivity (Wildman–Crippen MR) is 132 cm³/mol. The molecule has 3 fully saturated rings. The number of hydrogen-bond acceptors (Lipinski definition) is 9. The zero-order valence-corrected chi connectivity index (χ0v) is 20.9. The molecule has 3 aliphatic heterocycles. The van der Waals surface area contributed by atoms with Crippen molar-refractivity contribution in [3.63, 3.8) is 0 Å². The molecule has 10 heteroatoms. The lowest BCUT2D eigenvalue weighted by atomic mass is 9.92. The molecule has 37 heavy (non-hydrogen) atoms. The molecule has 1 aromatic carbocycles. The van der Waals surface area contributed by atoms with Crippen molar-refractivity contribution in [1.82, 2.24) is 14.9 Å². The number of carbonyl (C=O) groups excluding carboxylic acids is 3. The smallest absolute Gasteiger partial charge is 0.449 e. The molecule has 0 N–H and O–H groups in total. The maximum atomic E-state index is 13.7. The second-order valence-corrected chi connectivity index (χ2v) is 10.1. The highest BCUT2D eigenvalue weighted by atomic mass is 16.8. The Hall–Kier alpha value is -3.66. The Morgan fingerprint density at radius 3 is 2.49 bits per heavy atom. The fraction of sp³-hybridized carbons (Fsp3) is 0.481. The monoisotopic (exact) mass is 506 g/mol. The predicted octanol–water partition coefficient (Wildman–Crippen LogP) is 2.62. The van der Waals surface area contributed by atoms with E-state index in [1.165, 1.54) is 0 Å². The molecule has 1 aromatic heterocycles. The zero-order chi connectivity index (χ0) is 25.6. The van der Waals surface area contributed by atoms with Gasteiger partial charge in [0.05, 0.1) is 37.2 Å². The molecule has 1 atom stereocenters. The first-order chi connectivity index (χ1) is 17.9. The van der Waals surface area contributed by atoms with Crippen molar-refractivity contribution in [3.05, 3.63) is 59.4 Å². The van der Waals surface area contributed by atoms with Crippen molar-refractivity contribution in [2.24, 2.45) is 0 Å². The summed E-state index contributed by atoms with van der Waals surface area (Å²) in [6.45, 7) is 5.58. The molecule has 2 aromatic rings. The van der Waals surface area contributed by atoms with Gasteiger partial charge in [-0.25, -0.2) is 9.59 Å². The van der Waals surface area contributed by atoms with E-state index in [-0.39, 0.29) is 18.5 Å². The number of ether oxygens (including phenoxy) is 2. The maximum absolute atomic E-state index is 13.7. The number of pyridine rings is 1. The molecule has 1 amide bonds. The minimum Gasteiger partial charge on any atom is -0.449 e. The highest BCUT2D eigenvalue weighted by molar-refractivity contribution is 5.95. The Bertz CT molecular complexity index is 1220. The summed E-state index contributed by atoms with van der Waals surface area (Å²) in [5.41, 5.74) is 2.18. The molecule has 4 heterocycles. The van der Waals surface area contributed by atoms with Crippen LogP contribution in [0.5, 0.6) is 0 Å². The first-order valence-corrected chi connectivity index (χ1v) is 12.9. The van der Waals surface area contributed by atoms with Gasteiger partial charge in [-0.1, -0.05) is 12.1 Å². The van der Waals surface area contributed by atoms with Crippen LogP contribution in [0, 0.1) is 0 Å². The van der Waals surface area contributed by atoms with Crippen molar-refractivity contribution in [2.75, 3.05) is 50.8 Å². The number of fused-ring (bicyclic) bond motifs is 2. The topological polar surface area (TPSA) is 102 Å². The zero-order valence-electron chi connectivity index (χ0n) is 20.9. The number of nitrogens with zero attached hydrogens (tertiary/aromatic N) is 4. The fourth-order valence-corrected chi connectivity index (χ4v) is 5.83. The van der Waals surface area contributed by atoms with Gasteiger partial charge in [0.2, 0.25) is 5.91 Å². The van der Waals surface area contributed by atoms with Gasteiger partial charge in [0.15, 0.2) is 5.60 Å². The van der Waals surface area contributed by atoms with Crippen LogP contribution in [0.4, 0.5) is 10.5 Å². The van der Waals surface area contributed by atoms with E-state index < -0.39 is 17.2 Å². The quantitative estimate of drug-likeness (QED) is 0.567. The number of rotatable bonds is 5.